The maximum atomic E-state index is 12.3. The van der Waals surface area contributed by atoms with E-state index >= 15 is 0 Å². The molecule has 7 heteroatoms. The Bertz CT molecular complexity index is 869. The number of benzene rings is 1. The van der Waals surface area contributed by atoms with Gasteiger partial charge in [-0.15, -0.1) is 21.5 Å². The van der Waals surface area contributed by atoms with Crippen molar-refractivity contribution in [2.75, 3.05) is 6.54 Å². The minimum absolute atomic E-state index is 0.0000453. The maximum Gasteiger partial charge on any atom is 0.224 e. The number of aryl methyl sites for hydroxylation is 2. The van der Waals surface area contributed by atoms with Crippen LogP contribution < -0.4 is 5.32 Å². The van der Waals surface area contributed by atoms with E-state index < -0.39 is 0 Å². The van der Waals surface area contributed by atoms with Crippen molar-refractivity contribution in [1.82, 2.24) is 25.3 Å². The first-order chi connectivity index (χ1) is 12.0. The Morgan fingerprint density at radius 2 is 1.92 bits per heavy atom. The summed E-state index contributed by atoms with van der Waals surface area (Å²) < 4.78 is 1.89. The van der Waals surface area contributed by atoms with Gasteiger partial charge in [0, 0.05) is 24.2 Å². The molecule has 1 amide bonds. The topological polar surface area (TPSA) is 72.7 Å². The van der Waals surface area contributed by atoms with Gasteiger partial charge in [0.25, 0.3) is 0 Å². The quantitative estimate of drug-likeness (QED) is 0.737. The van der Waals surface area contributed by atoms with Gasteiger partial charge in [-0.25, -0.2) is 4.68 Å². The molecule has 1 N–H and O–H groups in total. The number of nitrogens with zero attached hydrogens (tertiary/aromatic N) is 4. The van der Waals surface area contributed by atoms with Crippen molar-refractivity contribution >= 4 is 17.2 Å². The second-order valence-electron chi connectivity index (χ2n) is 5.89. The fourth-order valence-electron chi connectivity index (χ4n) is 2.72. The van der Waals surface area contributed by atoms with Gasteiger partial charge >= 0.3 is 0 Å². The lowest BCUT2D eigenvalue weighted by Crippen LogP contribution is -2.27. The summed E-state index contributed by atoms with van der Waals surface area (Å²) in [6.07, 6.45) is 1.04. The van der Waals surface area contributed by atoms with Gasteiger partial charge in [-0.05, 0) is 32.9 Å². The number of amides is 1. The smallest absolute Gasteiger partial charge is 0.224 e. The van der Waals surface area contributed by atoms with Gasteiger partial charge in [-0.2, -0.15) is 5.10 Å². The molecule has 0 fully saturated rings. The van der Waals surface area contributed by atoms with E-state index in [4.69, 9.17) is 0 Å². The summed E-state index contributed by atoms with van der Waals surface area (Å²) in [5.41, 5.74) is 3.87. The predicted molar refractivity (Wildman–Crippen MR) is 98.1 cm³/mol. The first kappa shape index (κ1) is 17.3. The van der Waals surface area contributed by atoms with Crippen molar-refractivity contribution in [3.8, 4) is 5.69 Å². The largest absolute Gasteiger partial charge is 0.355 e. The first-order valence-electron chi connectivity index (χ1n) is 8.21. The van der Waals surface area contributed by atoms with Crippen molar-refractivity contribution in [3.63, 3.8) is 0 Å². The highest BCUT2D eigenvalue weighted by Crippen LogP contribution is 2.18. The standard InChI is InChI=1S/C18H21N5OS/c1-12-16(13(2)23(22-12)15-7-5-4-6-8-15)11-17(24)19-10-9-18-21-20-14(3)25-18/h4-8H,9-11H2,1-3H3,(H,19,24). The molecule has 130 valence electrons. The fourth-order valence-corrected chi connectivity index (χ4v) is 3.43. The number of hydrogen-bond acceptors (Lipinski definition) is 5. The summed E-state index contributed by atoms with van der Waals surface area (Å²) in [4.78, 5) is 12.3. The first-order valence-corrected chi connectivity index (χ1v) is 9.02. The van der Waals surface area contributed by atoms with Crippen molar-refractivity contribution in [2.24, 2.45) is 0 Å². The molecule has 6 nitrogen and oxygen atoms in total. The molecule has 0 aliphatic carbocycles. The van der Waals surface area contributed by atoms with Crippen LogP contribution in [0.2, 0.25) is 0 Å². The molecule has 0 bridgehead atoms. The molecule has 25 heavy (non-hydrogen) atoms. The van der Waals surface area contributed by atoms with E-state index in [-0.39, 0.29) is 5.91 Å². The van der Waals surface area contributed by atoms with Gasteiger partial charge in [0.15, 0.2) is 0 Å². The van der Waals surface area contributed by atoms with E-state index in [1.54, 1.807) is 11.3 Å². The van der Waals surface area contributed by atoms with E-state index in [0.717, 1.165) is 32.7 Å². The number of carbonyl (C=O) groups is 1. The number of carbonyl (C=O) groups excluding carboxylic acids is 1. The molecule has 0 aliphatic heterocycles. The summed E-state index contributed by atoms with van der Waals surface area (Å²) in [6.45, 7) is 6.44. The SMILES string of the molecule is Cc1nnc(CCNC(=O)Cc2c(C)nn(-c3ccccc3)c2C)s1. The van der Waals surface area contributed by atoms with Crippen molar-refractivity contribution in [3.05, 3.63) is 57.3 Å². The molecule has 0 spiro atoms. The number of nitrogens with one attached hydrogen (secondary N) is 1. The van der Waals surface area contributed by atoms with E-state index in [1.807, 2.05) is 55.8 Å². The van der Waals surface area contributed by atoms with Gasteiger partial charge in [0.05, 0.1) is 17.8 Å². The van der Waals surface area contributed by atoms with Crippen LogP contribution in [0.1, 0.15) is 27.0 Å². The molecule has 0 saturated heterocycles. The van der Waals surface area contributed by atoms with Crippen LogP contribution in [-0.4, -0.2) is 32.4 Å². The number of para-hydroxylation sites is 1. The lowest BCUT2D eigenvalue weighted by Gasteiger charge is -2.06. The van der Waals surface area contributed by atoms with Gasteiger partial charge in [-0.3, -0.25) is 4.79 Å². The minimum atomic E-state index is 0.0000453. The molecule has 3 rings (SSSR count). The zero-order chi connectivity index (χ0) is 17.8. The Kier molecular flexibility index (Phi) is 5.23. The third-order valence-electron chi connectivity index (χ3n) is 4.01. The fraction of sp³-hybridized carbons (Fsp3) is 0.333. The second kappa shape index (κ2) is 7.57. The molecule has 2 aromatic heterocycles. The van der Waals surface area contributed by atoms with E-state index in [9.17, 15) is 4.79 Å². The zero-order valence-corrected chi connectivity index (χ0v) is 15.4. The highest BCUT2D eigenvalue weighted by atomic mass is 32.1. The van der Waals surface area contributed by atoms with Gasteiger partial charge in [0.2, 0.25) is 5.91 Å². The van der Waals surface area contributed by atoms with Gasteiger partial charge in [-0.1, -0.05) is 18.2 Å². The molecule has 3 aromatic rings. The van der Waals surface area contributed by atoms with Crippen LogP contribution in [0.25, 0.3) is 5.69 Å². The summed E-state index contributed by atoms with van der Waals surface area (Å²) in [7, 11) is 0. The summed E-state index contributed by atoms with van der Waals surface area (Å²) in [5.74, 6) is 0.0000453. The number of hydrogen-bond donors (Lipinski definition) is 1. The third kappa shape index (κ3) is 4.11. The Hall–Kier alpha value is -2.54. The highest BCUT2D eigenvalue weighted by Gasteiger charge is 2.15. The molecule has 0 aliphatic rings. The average Bonchev–Trinajstić information content (AvgIpc) is 3.13. The van der Waals surface area contributed by atoms with Crippen LogP contribution in [0.5, 0.6) is 0 Å². The molecule has 0 unspecified atom stereocenters. The second-order valence-corrected chi connectivity index (χ2v) is 7.15. The van der Waals surface area contributed by atoms with Gasteiger partial charge in [0.1, 0.15) is 10.0 Å². The highest BCUT2D eigenvalue weighted by molar-refractivity contribution is 7.11. The molecular formula is C18H21N5OS. The molecule has 0 radical (unpaired) electrons. The van der Waals surface area contributed by atoms with Crippen LogP contribution in [0, 0.1) is 20.8 Å². The lowest BCUT2D eigenvalue weighted by molar-refractivity contribution is -0.120. The minimum Gasteiger partial charge on any atom is -0.355 e. The van der Waals surface area contributed by atoms with Crippen molar-refractivity contribution in [2.45, 2.75) is 33.6 Å². The third-order valence-corrected chi connectivity index (χ3v) is 4.91. The summed E-state index contributed by atoms with van der Waals surface area (Å²) in [6, 6.07) is 9.95. The molecule has 1 aromatic carbocycles. The van der Waals surface area contributed by atoms with E-state index in [1.165, 1.54) is 0 Å². The summed E-state index contributed by atoms with van der Waals surface area (Å²) in [5, 5.41) is 17.5. The normalized spacial score (nSPS) is 10.8. The van der Waals surface area contributed by atoms with Crippen LogP contribution in [0.3, 0.4) is 0 Å². The molecular weight excluding hydrogens is 334 g/mol. The zero-order valence-electron chi connectivity index (χ0n) is 14.6. The van der Waals surface area contributed by atoms with Gasteiger partial charge < -0.3 is 5.32 Å². The number of rotatable bonds is 6. The molecule has 2 heterocycles. The van der Waals surface area contributed by atoms with Crippen molar-refractivity contribution in [1.29, 1.82) is 0 Å². The Morgan fingerprint density at radius 1 is 1.16 bits per heavy atom. The Labute approximate surface area is 150 Å². The maximum absolute atomic E-state index is 12.3. The van der Waals surface area contributed by atoms with Crippen LogP contribution >= 0.6 is 11.3 Å². The van der Waals surface area contributed by atoms with Crippen LogP contribution in [-0.2, 0) is 17.6 Å². The van der Waals surface area contributed by atoms with E-state index in [2.05, 4.69) is 20.6 Å². The Balaban J connectivity index is 1.62. The average molecular weight is 355 g/mol. The Morgan fingerprint density at radius 3 is 2.60 bits per heavy atom. The predicted octanol–water partition coefficient (Wildman–Crippen LogP) is 2.55. The van der Waals surface area contributed by atoms with Crippen molar-refractivity contribution < 1.29 is 4.79 Å². The summed E-state index contributed by atoms with van der Waals surface area (Å²) >= 11 is 1.56. The molecule has 0 saturated carbocycles. The lowest BCUT2D eigenvalue weighted by atomic mass is 10.1. The van der Waals surface area contributed by atoms with E-state index in [0.29, 0.717) is 19.4 Å². The van der Waals surface area contributed by atoms with Crippen LogP contribution in [0.15, 0.2) is 30.3 Å². The van der Waals surface area contributed by atoms with Crippen LogP contribution in [0.4, 0.5) is 0 Å². The monoisotopic (exact) mass is 355 g/mol. The molecule has 0 atom stereocenters. The number of aromatic nitrogens is 4.